The normalized spacial score (nSPS) is 15.8. The van der Waals surface area contributed by atoms with E-state index in [0.29, 0.717) is 68.3 Å². The third kappa shape index (κ3) is 14.4. The molecule has 4 amide bonds. The number of anilines is 2. The first-order chi connectivity index (χ1) is 43.4. The molecule has 8 aromatic rings. The zero-order valence-corrected chi connectivity index (χ0v) is 52.3. The lowest BCUT2D eigenvalue weighted by atomic mass is 9.91. The molecule has 10 rings (SSSR count). The van der Waals surface area contributed by atoms with Gasteiger partial charge in [-0.3, -0.25) is 28.8 Å². The number of pyridine rings is 2. The Morgan fingerprint density at radius 2 is 0.901 bits per heavy atom. The quantitative estimate of drug-likeness (QED) is 0.0371. The molecule has 0 aliphatic carbocycles. The summed E-state index contributed by atoms with van der Waals surface area (Å²) in [6, 6.07) is 24.2. The van der Waals surface area contributed by atoms with Crippen LogP contribution in [0.3, 0.4) is 0 Å². The molecule has 0 spiro atoms. The molecular weight excluding hydrogens is 1170 g/mol. The second kappa shape index (κ2) is 26.7. The number of nitrogens with one attached hydrogen (secondary N) is 6. The molecule has 0 unspecified atom stereocenters. The fourth-order valence-electron chi connectivity index (χ4n) is 11.1. The summed E-state index contributed by atoms with van der Waals surface area (Å²) in [4.78, 5) is 92.5. The Morgan fingerprint density at radius 1 is 0.549 bits per heavy atom. The molecule has 25 heteroatoms. The monoisotopic (exact) mass is 1240 g/mol. The molecular formula is C66H74F2N14O9. The van der Waals surface area contributed by atoms with Gasteiger partial charge in [0.15, 0.2) is 0 Å². The van der Waals surface area contributed by atoms with Crippen LogP contribution in [-0.2, 0) is 56.1 Å². The van der Waals surface area contributed by atoms with Crippen molar-refractivity contribution in [2.75, 3.05) is 37.0 Å². The van der Waals surface area contributed by atoms with Crippen LogP contribution in [0, 0.1) is 11.6 Å². The minimum absolute atomic E-state index is 0.0269. The lowest BCUT2D eigenvalue weighted by Crippen LogP contribution is -2.55. The van der Waals surface area contributed by atoms with Gasteiger partial charge in [0.1, 0.15) is 71.3 Å². The third-order valence-electron chi connectivity index (χ3n) is 16.7. The minimum Gasteiger partial charge on any atom is -0.487 e. The van der Waals surface area contributed by atoms with Crippen molar-refractivity contribution in [2.45, 2.75) is 129 Å². The zero-order valence-electron chi connectivity index (χ0n) is 52.3. The van der Waals surface area contributed by atoms with Gasteiger partial charge in [-0.2, -0.15) is 0 Å². The Morgan fingerprint density at radius 3 is 1.25 bits per heavy atom. The molecule has 6 atom stereocenters. The van der Waals surface area contributed by atoms with E-state index in [1.54, 1.807) is 149 Å². The summed E-state index contributed by atoms with van der Waals surface area (Å²) >= 11 is 0. The topological polar surface area (TPSA) is 278 Å². The summed E-state index contributed by atoms with van der Waals surface area (Å²) < 4.78 is 48.7. The number of carbonyl (C=O) groups is 4. The first kappa shape index (κ1) is 64.1. The second-order valence-corrected chi connectivity index (χ2v) is 24.5. The van der Waals surface area contributed by atoms with E-state index in [2.05, 4.69) is 51.9 Å². The number of hydrogen-bond acceptors (Lipinski definition) is 15. The maximum Gasteiger partial charge on any atom is 0.251 e. The Bertz CT molecular complexity index is 3810. The maximum absolute atomic E-state index is 14.8. The van der Waals surface area contributed by atoms with E-state index in [4.69, 9.17) is 14.2 Å². The smallest absolute Gasteiger partial charge is 0.251 e. The number of likely N-dealkylation sites (N-methyl/N-ethyl adjacent to an activating group) is 2. The first-order valence-electron chi connectivity index (χ1n) is 29.9. The number of amides is 4. The molecule has 0 fully saturated rings. The number of halogens is 2. The van der Waals surface area contributed by atoms with Gasteiger partial charge in [0, 0.05) is 59.3 Å². The summed E-state index contributed by atoms with van der Waals surface area (Å²) in [6.07, 6.45) is 3.73. The van der Waals surface area contributed by atoms with Gasteiger partial charge in [-0.25, -0.2) is 18.1 Å². The lowest BCUT2D eigenvalue weighted by Gasteiger charge is -2.30. The zero-order chi connectivity index (χ0) is 65.1. The summed E-state index contributed by atoms with van der Waals surface area (Å²) in [5, 5.41) is 29.0. The van der Waals surface area contributed by atoms with Crippen LogP contribution in [0.1, 0.15) is 113 Å². The molecule has 91 heavy (non-hydrogen) atoms. The first-order valence-corrected chi connectivity index (χ1v) is 29.9. The summed E-state index contributed by atoms with van der Waals surface area (Å²) in [6.45, 7) is 15.1. The Labute approximate surface area is 523 Å². The van der Waals surface area contributed by atoms with Crippen LogP contribution in [0.5, 0.6) is 23.0 Å². The highest BCUT2D eigenvalue weighted by Gasteiger charge is 2.45. The SMILES string of the molecule is CN[C@@H](C)C(=O)N[C@H](C(=O)N1CC(C)(C)c2[nH]c(=O)c(Cc3ccc(F)cc3)cc21)[C@H](C)n1cc(COc2ccc(Oc3ccc(OCc4cn([C@@H](C)[C@H](NC(=O)[C@H](C)NC)C(=O)N5CC(C)(C)c6[nH]c(=O)c(Cc7ccc(F)cc7)cc65)nn4)cc3)cc2)nn1. The number of benzene rings is 4. The Hall–Kier alpha value is -9.88. The number of ether oxygens (including phenoxy) is 3. The molecule has 4 aromatic carbocycles. The van der Waals surface area contributed by atoms with Gasteiger partial charge >= 0.3 is 0 Å². The molecule has 6 N–H and O–H groups in total. The maximum atomic E-state index is 14.8. The number of carbonyl (C=O) groups excluding carboxylic acids is 4. The van der Waals surface area contributed by atoms with E-state index in [9.17, 15) is 37.5 Å². The Balaban J connectivity index is 0.745. The van der Waals surface area contributed by atoms with Gasteiger partial charge in [0.05, 0.1) is 47.9 Å². The molecule has 23 nitrogen and oxygen atoms in total. The summed E-state index contributed by atoms with van der Waals surface area (Å²) in [7, 11) is 3.29. The second-order valence-electron chi connectivity index (χ2n) is 24.5. The van der Waals surface area contributed by atoms with Gasteiger partial charge in [0.25, 0.3) is 22.9 Å². The third-order valence-corrected chi connectivity index (χ3v) is 16.7. The van der Waals surface area contributed by atoms with E-state index < -0.39 is 82.3 Å². The Kier molecular flexibility index (Phi) is 18.8. The highest BCUT2D eigenvalue weighted by atomic mass is 19.1. The highest BCUT2D eigenvalue weighted by Crippen LogP contribution is 2.41. The number of nitrogens with zero attached hydrogens (tertiary/aromatic N) is 8. The van der Waals surface area contributed by atoms with Gasteiger partial charge in [-0.15, -0.1) is 10.2 Å². The van der Waals surface area contributed by atoms with Gasteiger partial charge in [-0.1, -0.05) is 62.4 Å². The van der Waals surface area contributed by atoms with E-state index >= 15 is 0 Å². The van der Waals surface area contributed by atoms with Crippen LogP contribution < -0.4 is 56.4 Å². The van der Waals surface area contributed by atoms with Crippen molar-refractivity contribution in [3.05, 3.63) is 199 Å². The van der Waals surface area contributed by atoms with Crippen LogP contribution in [0.15, 0.2) is 131 Å². The number of fused-ring (bicyclic) bond motifs is 2. The average Bonchev–Trinajstić information content (AvgIpc) is 1.62. The van der Waals surface area contributed by atoms with Crippen LogP contribution in [-0.4, -0.2) is 115 Å². The fourth-order valence-corrected chi connectivity index (χ4v) is 11.1. The average molecular weight is 1250 g/mol. The van der Waals surface area contributed by atoms with Crippen molar-refractivity contribution < 1.29 is 42.2 Å². The van der Waals surface area contributed by atoms with E-state index in [1.165, 1.54) is 33.6 Å². The van der Waals surface area contributed by atoms with Crippen molar-refractivity contribution in [1.29, 1.82) is 0 Å². The van der Waals surface area contributed by atoms with Crippen molar-refractivity contribution >= 4 is 35.0 Å². The predicted octanol–water partition coefficient (Wildman–Crippen LogP) is 6.61. The van der Waals surface area contributed by atoms with Crippen LogP contribution in [0.25, 0.3) is 0 Å². The molecule has 4 aromatic heterocycles. The fraction of sp³-hybridized carbons (Fsp3) is 0.364. The van der Waals surface area contributed by atoms with Crippen LogP contribution >= 0.6 is 0 Å². The van der Waals surface area contributed by atoms with E-state index in [0.717, 1.165) is 11.1 Å². The number of hydrogen-bond donors (Lipinski definition) is 6. The lowest BCUT2D eigenvalue weighted by molar-refractivity contribution is -0.129. The van der Waals surface area contributed by atoms with Crippen LogP contribution in [0.4, 0.5) is 20.2 Å². The van der Waals surface area contributed by atoms with Gasteiger partial charge in [0.2, 0.25) is 11.8 Å². The highest BCUT2D eigenvalue weighted by molar-refractivity contribution is 6.03. The van der Waals surface area contributed by atoms with E-state index in [1.807, 2.05) is 27.7 Å². The molecule has 0 bridgehead atoms. The summed E-state index contributed by atoms with van der Waals surface area (Å²) in [5.74, 6) is -0.332. The standard InChI is InChI=1S/C66H74F2N14O9/c1-37(69-9)59(83)71-55(63(87)79-35-65(5,6)57-53(79)29-43(61(85)73-57)27-41-11-15-45(67)16-12-41)39(3)81-31-47(75-77-81)33-89-49-19-23-51(24-20-49)91-52-25-21-50(22-26-52)90-34-48-32-82(78-76-48)40(4)56(72-60(84)38(2)70-10)64(88)80-36-66(7,8)58-54(80)30-44(62(86)74-58)28-42-13-17-46(68)18-14-42/h11-26,29-32,37-40,55-56,69-70H,27-28,33-36H2,1-10H3,(H,71,83)(H,72,84)(H,73,85)(H,74,86)/t37-,38-,39-,40-,55-,56-/m0/s1. The molecule has 0 saturated heterocycles. The molecule has 0 radical (unpaired) electrons. The minimum atomic E-state index is -1.12. The number of aromatic amines is 2. The predicted molar refractivity (Wildman–Crippen MR) is 335 cm³/mol. The van der Waals surface area contributed by atoms with Gasteiger partial charge in [-0.05, 0) is 138 Å². The number of aromatic nitrogens is 8. The molecule has 6 heterocycles. The van der Waals surface area contributed by atoms with Gasteiger partial charge < -0.3 is 55.2 Å². The van der Waals surface area contributed by atoms with Crippen molar-refractivity contribution in [1.82, 2.24) is 61.2 Å². The number of rotatable bonds is 24. The van der Waals surface area contributed by atoms with Crippen molar-refractivity contribution in [2.24, 2.45) is 0 Å². The molecule has 476 valence electrons. The van der Waals surface area contributed by atoms with Crippen molar-refractivity contribution in [3.63, 3.8) is 0 Å². The van der Waals surface area contributed by atoms with E-state index in [-0.39, 0.29) is 50.3 Å². The number of H-pyrrole nitrogens is 2. The molecule has 2 aliphatic heterocycles. The van der Waals surface area contributed by atoms with Crippen molar-refractivity contribution in [3.8, 4) is 23.0 Å². The summed E-state index contributed by atoms with van der Waals surface area (Å²) in [5.41, 5.74) is 3.46. The molecule has 0 saturated carbocycles. The largest absolute Gasteiger partial charge is 0.487 e. The van der Waals surface area contributed by atoms with Crippen LogP contribution in [0.2, 0.25) is 0 Å². The molecule has 2 aliphatic rings.